The first-order chi connectivity index (χ1) is 36.9. The van der Waals surface area contributed by atoms with Crippen LogP contribution in [-0.4, -0.2) is 120 Å². The average molecular weight is 1220 g/mol. The molecule has 2 aromatic rings. The summed E-state index contributed by atoms with van der Waals surface area (Å²) in [4.78, 5) is 22.7. The maximum absolute atomic E-state index is 14.8. The Morgan fingerprint density at radius 3 is 1.27 bits per heavy atom. The van der Waals surface area contributed by atoms with Gasteiger partial charge in [0, 0.05) is 18.4 Å². The van der Waals surface area contributed by atoms with Gasteiger partial charge in [-0.15, -0.1) is 0 Å². The van der Waals surface area contributed by atoms with Gasteiger partial charge in [0.15, 0.2) is 89.1 Å². The summed E-state index contributed by atoms with van der Waals surface area (Å²) in [6, 6.07) is 5.39. The molecule has 2 aromatic carbocycles. The third-order valence-corrected chi connectivity index (χ3v) is 16.8. The fourth-order valence-electron chi connectivity index (χ4n) is 10.7. The minimum absolute atomic E-state index is 0.0551. The van der Waals surface area contributed by atoms with E-state index >= 15 is 0 Å². The van der Waals surface area contributed by atoms with Crippen LogP contribution >= 0.6 is 0 Å². The number of carbonyl (C=O) groups is 2. The molecule has 28 heteroatoms. The molecule has 8 aliphatic carbocycles. The van der Waals surface area contributed by atoms with Crippen molar-refractivity contribution in [3.63, 3.8) is 0 Å². The van der Waals surface area contributed by atoms with E-state index < -0.39 is 184 Å². The molecule has 0 saturated heterocycles. The molecule has 17 atom stereocenters. The molecule has 17 unspecified atom stereocenters. The number of carbonyl (C=O) groups excluding carboxylic acids is 2. The summed E-state index contributed by atoms with van der Waals surface area (Å²) in [5, 5.41) is 0. The van der Waals surface area contributed by atoms with Gasteiger partial charge in [0.2, 0.25) is 22.8 Å². The zero-order chi connectivity index (χ0) is 62.8. The molecule has 8 saturated carbocycles. The van der Waals surface area contributed by atoms with Gasteiger partial charge in [-0.1, -0.05) is 60.6 Å². The smallest absolute Gasteiger partial charge is 0.416 e. The Morgan fingerprint density at radius 1 is 0.543 bits per heavy atom. The molecule has 8 bridgehead atoms. The van der Waals surface area contributed by atoms with E-state index in [-0.39, 0.29) is 17.8 Å². The Hall–Kier alpha value is -4.30. The number of hydrogen-bond donors (Lipinski definition) is 0. The highest BCUT2D eigenvalue weighted by Gasteiger charge is 2.95. The number of esters is 2. The number of methoxy groups -OCH3 is 1. The monoisotopic (exact) mass is 1220 g/mol. The van der Waals surface area contributed by atoms with Crippen LogP contribution in [-0.2, 0) is 25.2 Å². The highest BCUT2D eigenvalue weighted by molar-refractivity contribution is 5.75. The van der Waals surface area contributed by atoms with Gasteiger partial charge in [0.25, 0.3) is 0 Å². The second-order valence-corrected chi connectivity index (χ2v) is 22.1. The molecule has 10 rings (SSSR count). The van der Waals surface area contributed by atoms with Crippen LogP contribution in [0.15, 0.2) is 24.3 Å². The maximum atomic E-state index is 14.8. The van der Waals surface area contributed by atoms with Gasteiger partial charge >= 0.3 is 18.1 Å². The Kier molecular flexibility index (Phi) is 20.2. The summed E-state index contributed by atoms with van der Waals surface area (Å²) >= 11 is 0. The van der Waals surface area contributed by atoms with Crippen molar-refractivity contribution in [2.45, 2.75) is 220 Å². The number of benzene rings is 2. The Morgan fingerprint density at radius 2 is 0.926 bits per heavy atom. The van der Waals surface area contributed by atoms with Crippen LogP contribution in [0.1, 0.15) is 129 Å². The zero-order valence-corrected chi connectivity index (χ0v) is 44.8. The first-order valence-electron chi connectivity index (χ1n) is 25.4. The molecule has 4 nitrogen and oxygen atoms in total. The predicted octanol–water partition coefficient (Wildman–Crippen LogP) is 16.1. The van der Waals surface area contributed by atoms with E-state index in [0.29, 0.717) is 12.3 Å². The first kappa shape index (κ1) is 69.2. The average Bonchev–Trinajstić information content (AvgIpc) is 1.17. The quantitative estimate of drug-likeness (QED) is 0.109. The van der Waals surface area contributed by atoms with Crippen molar-refractivity contribution >= 4 is 11.9 Å². The number of halogens is 24. The van der Waals surface area contributed by atoms with E-state index in [4.69, 9.17) is 0 Å². The minimum atomic E-state index is -4.51. The van der Waals surface area contributed by atoms with Crippen molar-refractivity contribution in [3.05, 3.63) is 70.0 Å². The standard InChI is InChI=1S/C15H16F8O2.C11H13F3.C10H8F8.C10H9F5.C7H14O2/c1-3-5(2)6(24)25-15-9(18)12(21)4-13(22,10(15)19)8(17)14(23,7(12)16)11(15)20;1-3-8(2)9-4-6-10(7-5-9)11(12,13)14;11-3-2-4(12)9(17)1-8(3,16)6(14)10(18,5(2)13)7(9)15;1-3-4(2)5-6(11)8(13)10(15)9(14)7(5)12;1-5-7(2,3)6(8)9-4/h5,7-11H,3-4H2,1-2H3;4-8H,3H2,1-2H3;2-7H,1H2;4H,3H2,1-2H3;5H2,1-4H3. The lowest BCUT2D eigenvalue weighted by Crippen LogP contribution is -2.93. The molecule has 0 N–H and O–H groups in total. The van der Waals surface area contributed by atoms with Gasteiger partial charge < -0.3 is 9.47 Å². The molecule has 0 spiro atoms. The van der Waals surface area contributed by atoms with Crippen molar-refractivity contribution in [1.82, 2.24) is 0 Å². The SMILES string of the molecule is CCC(C)(C)C(=O)OC.CCC(C)C(=O)OC12C(F)C3(F)CC(F)(C(F)C(F)(C3F)C1F)C2F.CCC(C)c1c(F)c(F)c(F)c(F)c1F.CCC(C)c1ccc(C(F)(F)F)cc1.FC1C2C(F)C3(F)CC1(F)C(F)C(F)(C2F)C3F. The third-order valence-electron chi connectivity index (χ3n) is 16.8. The molecule has 0 aliphatic heterocycles. The van der Waals surface area contributed by atoms with E-state index in [9.17, 15) is 115 Å². The number of ether oxygens (including phenoxy) is 2. The zero-order valence-electron chi connectivity index (χ0n) is 44.8. The van der Waals surface area contributed by atoms with Crippen molar-refractivity contribution in [2.75, 3.05) is 7.11 Å². The topological polar surface area (TPSA) is 52.6 Å². The summed E-state index contributed by atoms with van der Waals surface area (Å²) in [6.45, 7) is 15.4. The summed E-state index contributed by atoms with van der Waals surface area (Å²) in [5.74, 6) is -15.1. The molecule has 8 fully saturated rings. The molecular weight excluding hydrogens is 1160 g/mol. The molecule has 0 aromatic heterocycles. The number of hydrogen-bond acceptors (Lipinski definition) is 4. The lowest BCUT2D eigenvalue weighted by Gasteiger charge is -2.67. The molecule has 0 amide bonds. The highest BCUT2D eigenvalue weighted by atomic mass is 19.4. The van der Waals surface area contributed by atoms with E-state index in [1.165, 1.54) is 27.9 Å². The summed E-state index contributed by atoms with van der Waals surface area (Å²) in [7, 11) is 1.42. The van der Waals surface area contributed by atoms with Crippen molar-refractivity contribution in [2.24, 2.45) is 17.3 Å². The van der Waals surface area contributed by atoms with Crippen molar-refractivity contribution in [1.29, 1.82) is 0 Å². The normalized spacial score (nSPS) is 39.8. The van der Waals surface area contributed by atoms with Gasteiger partial charge in [0.05, 0.1) is 29.9 Å². The van der Waals surface area contributed by atoms with Crippen molar-refractivity contribution in [3.8, 4) is 0 Å². The molecular formula is C53H60F24O4. The van der Waals surface area contributed by atoms with E-state index in [0.717, 1.165) is 30.5 Å². The van der Waals surface area contributed by atoms with Crippen LogP contribution < -0.4 is 0 Å². The largest absolute Gasteiger partial charge is 0.469 e. The second-order valence-electron chi connectivity index (χ2n) is 22.1. The molecule has 81 heavy (non-hydrogen) atoms. The number of alkyl halides is 19. The van der Waals surface area contributed by atoms with E-state index in [2.05, 4.69) is 9.47 Å². The summed E-state index contributed by atoms with van der Waals surface area (Å²) in [6.07, 6.45) is -40.4. The van der Waals surface area contributed by atoms with Gasteiger partial charge in [-0.3, -0.25) is 9.59 Å². The predicted molar refractivity (Wildman–Crippen MR) is 244 cm³/mol. The fraction of sp³-hybridized carbons (Fsp3) is 0.736. The lowest BCUT2D eigenvalue weighted by atomic mass is 9.46. The third kappa shape index (κ3) is 10.7. The highest BCUT2D eigenvalue weighted by Crippen LogP contribution is 2.70. The van der Waals surface area contributed by atoms with Crippen LogP contribution in [0.2, 0.25) is 0 Å². The van der Waals surface area contributed by atoms with Crippen LogP contribution in [0.25, 0.3) is 0 Å². The van der Waals surface area contributed by atoms with Crippen LogP contribution in [0, 0.1) is 46.3 Å². The van der Waals surface area contributed by atoms with Gasteiger partial charge in [-0.2, -0.15) is 13.2 Å². The number of rotatable bonds is 9. The second kappa shape index (κ2) is 23.6. The fourth-order valence-corrected chi connectivity index (χ4v) is 10.7. The molecule has 464 valence electrons. The van der Waals surface area contributed by atoms with Gasteiger partial charge in [-0.05, 0) is 69.1 Å². The van der Waals surface area contributed by atoms with E-state index in [1.54, 1.807) is 19.1 Å². The minimum Gasteiger partial charge on any atom is -0.469 e. The summed E-state index contributed by atoms with van der Waals surface area (Å²) in [5.41, 5.74) is -28.8. The Labute approximate surface area is 450 Å². The molecule has 8 aliphatic rings. The lowest BCUT2D eigenvalue weighted by molar-refractivity contribution is -0.382. The van der Waals surface area contributed by atoms with Crippen LogP contribution in [0.4, 0.5) is 105 Å². The van der Waals surface area contributed by atoms with Crippen LogP contribution in [0.3, 0.4) is 0 Å². The maximum Gasteiger partial charge on any atom is 0.416 e. The molecule has 0 radical (unpaired) electrons. The van der Waals surface area contributed by atoms with Gasteiger partial charge in [-0.25, -0.2) is 92.2 Å². The first-order valence-corrected chi connectivity index (χ1v) is 25.4. The van der Waals surface area contributed by atoms with E-state index in [1.807, 2.05) is 34.6 Å². The Bertz CT molecular complexity index is 2470. The molecule has 0 heterocycles. The van der Waals surface area contributed by atoms with Gasteiger partial charge in [0.1, 0.15) is 18.5 Å². The van der Waals surface area contributed by atoms with Crippen LogP contribution in [0.5, 0.6) is 0 Å². The Balaban J connectivity index is 0.000000226. The summed E-state index contributed by atoms with van der Waals surface area (Å²) < 4.78 is 336. The van der Waals surface area contributed by atoms with Crippen molar-refractivity contribution < 1.29 is 124 Å².